The summed E-state index contributed by atoms with van der Waals surface area (Å²) in [7, 11) is 1.58. The van der Waals surface area contributed by atoms with Crippen LogP contribution in [0.5, 0.6) is 11.5 Å². The van der Waals surface area contributed by atoms with Gasteiger partial charge in [0, 0.05) is 23.2 Å². The van der Waals surface area contributed by atoms with E-state index in [9.17, 15) is 9.59 Å². The maximum absolute atomic E-state index is 12.2. The Morgan fingerprint density at radius 3 is 2.74 bits per heavy atom. The first kappa shape index (κ1) is 18.3. The number of carbonyl (C=O) groups is 1. The largest absolute Gasteiger partial charge is 0.493 e. The smallest absolute Gasteiger partial charge is 0.336 e. The van der Waals surface area contributed by atoms with Gasteiger partial charge in [-0.15, -0.1) is 0 Å². The zero-order valence-corrected chi connectivity index (χ0v) is 15.0. The van der Waals surface area contributed by atoms with Crippen molar-refractivity contribution in [2.45, 2.75) is 6.92 Å². The van der Waals surface area contributed by atoms with Crippen LogP contribution in [0.4, 0.5) is 5.69 Å². The van der Waals surface area contributed by atoms with Gasteiger partial charge in [-0.1, -0.05) is 6.07 Å². The van der Waals surface area contributed by atoms with E-state index in [4.69, 9.17) is 13.9 Å². The molecule has 6 heteroatoms. The van der Waals surface area contributed by atoms with Gasteiger partial charge < -0.3 is 19.2 Å². The molecule has 0 bridgehead atoms. The first-order valence-corrected chi connectivity index (χ1v) is 8.43. The maximum atomic E-state index is 12.2. The van der Waals surface area contributed by atoms with Crippen molar-refractivity contribution in [2.24, 2.45) is 0 Å². The molecule has 0 saturated heterocycles. The van der Waals surface area contributed by atoms with E-state index in [0.717, 1.165) is 10.9 Å². The Morgan fingerprint density at radius 1 is 1.11 bits per heavy atom. The van der Waals surface area contributed by atoms with E-state index in [0.29, 0.717) is 29.4 Å². The third kappa shape index (κ3) is 4.55. The van der Waals surface area contributed by atoms with Gasteiger partial charge in [0.25, 0.3) is 0 Å². The lowest BCUT2D eigenvalue weighted by Crippen LogP contribution is -2.07. The van der Waals surface area contributed by atoms with E-state index in [1.54, 1.807) is 43.5 Å². The Morgan fingerprint density at radius 2 is 1.96 bits per heavy atom. The SMILES string of the molecule is CCOc1cc(/C=C/C(=O)Nc2ccc3oc(=O)ccc3c2)ccc1OC. The Labute approximate surface area is 156 Å². The molecule has 0 aliphatic rings. The second-order valence-electron chi connectivity index (χ2n) is 5.67. The van der Waals surface area contributed by atoms with Crippen LogP contribution < -0.4 is 20.4 Å². The molecule has 1 heterocycles. The zero-order chi connectivity index (χ0) is 19.2. The van der Waals surface area contributed by atoms with Gasteiger partial charge in [-0.2, -0.15) is 0 Å². The van der Waals surface area contributed by atoms with Gasteiger partial charge in [-0.05, 0) is 55.0 Å². The fraction of sp³-hybridized carbons (Fsp3) is 0.143. The highest BCUT2D eigenvalue weighted by Crippen LogP contribution is 2.28. The van der Waals surface area contributed by atoms with Crippen molar-refractivity contribution in [2.75, 3.05) is 19.0 Å². The van der Waals surface area contributed by atoms with E-state index in [2.05, 4.69) is 5.32 Å². The van der Waals surface area contributed by atoms with Crippen molar-refractivity contribution >= 4 is 28.6 Å². The molecule has 1 aromatic heterocycles. The number of anilines is 1. The van der Waals surface area contributed by atoms with E-state index in [1.165, 1.54) is 12.1 Å². The highest BCUT2D eigenvalue weighted by molar-refractivity contribution is 6.02. The summed E-state index contributed by atoms with van der Waals surface area (Å²) in [6, 6.07) is 13.5. The number of fused-ring (bicyclic) bond motifs is 1. The number of hydrogen-bond donors (Lipinski definition) is 1. The van der Waals surface area contributed by atoms with E-state index in [-0.39, 0.29) is 5.91 Å². The minimum absolute atomic E-state index is 0.277. The lowest BCUT2D eigenvalue weighted by atomic mass is 10.2. The highest BCUT2D eigenvalue weighted by Gasteiger charge is 2.05. The summed E-state index contributed by atoms with van der Waals surface area (Å²) in [5.41, 5.74) is 1.48. The molecule has 3 rings (SSSR count). The number of benzene rings is 2. The summed E-state index contributed by atoms with van der Waals surface area (Å²) < 4.78 is 15.8. The van der Waals surface area contributed by atoms with Crippen molar-refractivity contribution in [3.05, 3.63) is 70.6 Å². The molecule has 1 N–H and O–H groups in total. The molecule has 6 nitrogen and oxygen atoms in total. The second kappa shape index (κ2) is 8.23. The number of nitrogens with one attached hydrogen (secondary N) is 1. The zero-order valence-electron chi connectivity index (χ0n) is 15.0. The number of carbonyl (C=O) groups excluding carboxylic acids is 1. The van der Waals surface area contributed by atoms with Crippen LogP contribution in [-0.4, -0.2) is 19.6 Å². The Kier molecular flexibility index (Phi) is 5.56. The van der Waals surface area contributed by atoms with Crippen molar-refractivity contribution in [3.63, 3.8) is 0 Å². The van der Waals surface area contributed by atoms with Gasteiger partial charge in [0.15, 0.2) is 11.5 Å². The molecule has 27 heavy (non-hydrogen) atoms. The van der Waals surface area contributed by atoms with Gasteiger partial charge in [-0.25, -0.2) is 4.79 Å². The van der Waals surface area contributed by atoms with Crippen LogP contribution in [0, 0.1) is 0 Å². The lowest BCUT2D eigenvalue weighted by molar-refractivity contribution is -0.111. The Hall–Kier alpha value is -3.54. The van der Waals surface area contributed by atoms with Crippen LogP contribution in [0.2, 0.25) is 0 Å². The molecule has 0 fully saturated rings. The van der Waals surface area contributed by atoms with Gasteiger partial charge in [0.1, 0.15) is 5.58 Å². The predicted octanol–water partition coefficient (Wildman–Crippen LogP) is 3.85. The number of methoxy groups -OCH3 is 1. The normalized spacial score (nSPS) is 10.9. The maximum Gasteiger partial charge on any atom is 0.336 e. The summed E-state index contributed by atoms with van der Waals surface area (Å²) in [5.74, 6) is 0.986. The fourth-order valence-electron chi connectivity index (χ4n) is 2.57. The summed E-state index contributed by atoms with van der Waals surface area (Å²) in [4.78, 5) is 23.4. The summed E-state index contributed by atoms with van der Waals surface area (Å²) in [6.45, 7) is 2.41. The molecule has 0 atom stereocenters. The third-order valence-corrected chi connectivity index (χ3v) is 3.80. The molecule has 0 saturated carbocycles. The van der Waals surface area contributed by atoms with Crippen LogP contribution in [0.25, 0.3) is 17.0 Å². The number of rotatable bonds is 6. The van der Waals surface area contributed by atoms with Crippen molar-refractivity contribution < 1.29 is 18.7 Å². The quantitative estimate of drug-likeness (QED) is 0.530. The molecule has 0 unspecified atom stereocenters. The van der Waals surface area contributed by atoms with Crippen LogP contribution in [0.15, 0.2) is 63.8 Å². The third-order valence-electron chi connectivity index (χ3n) is 3.80. The van der Waals surface area contributed by atoms with E-state index in [1.807, 2.05) is 19.1 Å². The predicted molar refractivity (Wildman–Crippen MR) is 104 cm³/mol. The summed E-state index contributed by atoms with van der Waals surface area (Å²) >= 11 is 0. The fourth-order valence-corrected chi connectivity index (χ4v) is 2.57. The topological polar surface area (TPSA) is 77.8 Å². The number of hydrogen-bond acceptors (Lipinski definition) is 5. The minimum atomic E-state index is -0.409. The van der Waals surface area contributed by atoms with Crippen LogP contribution in [-0.2, 0) is 4.79 Å². The van der Waals surface area contributed by atoms with E-state index >= 15 is 0 Å². The molecule has 0 aliphatic carbocycles. The van der Waals surface area contributed by atoms with Crippen LogP contribution >= 0.6 is 0 Å². The average Bonchev–Trinajstić information content (AvgIpc) is 2.67. The molecule has 2 aromatic carbocycles. The minimum Gasteiger partial charge on any atom is -0.493 e. The highest BCUT2D eigenvalue weighted by atomic mass is 16.5. The number of amides is 1. The standard InChI is InChI=1S/C21H19NO5/c1-3-26-19-12-14(4-8-18(19)25-2)5-10-20(23)22-16-7-9-17-15(13-16)6-11-21(24)27-17/h4-13H,3H2,1-2H3,(H,22,23)/b10-5+. The Bertz CT molecular complexity index is 1050. The molecule has 0 spiro atoms. The van der Waals surface area contributed by atoms with Crippen molar-refractivity contribution in [3.8, 4) is 11.5 Å². The molecule has 1 amide bonds. The van der Waals surface area contributed by atoms with Crippen LogP contribution in [0.1, 0.15) is 12.5 Å². The van der Waals surface area contributed by atoms with Gasteiger partial charge >= 0.3 is 5.63 Å². The number of ether oxygens (including phenoxy) is 2. The lowest BCUT2D eigenvalue weighted by Gasteiger charge is -2.09. The monoisotopic (exact) mass is 365 g/mol. The van der Waals surface area contributed by atoms with Gasteiger partial charge in [0.2, 0.25) is 5.91 Å². The molecule has 3 aromatic rings. The van der Waals surface area contributed by atoms with Crippen LogP contribution in [0.3, 0.4) is 0 Å². The molecule has 138 valence electrons. The van der Waals surface area contributed by atoms with Gasteiger partial charge in [0.05, 0.1) is 13.7 Å². The van der Waals surface area contributed by atoms with Crippen molar-refractivity contribution in [1.82, 2.24) is 0 Å². The van der Waals surface area contributed by atoms with Gasteiger partial charge in [-0.3, -0.25) is 4.79 Å². The second-order valence-corrected chi connectivity index (χ2v) is 5.67. The Balaban J connectivity index is 1.72. The first-order chi connectivity index (χ1) is 13.1. The van der Waals surface area contributed by atoms with E-state index < -0.39 is 5.63 Å². The molecular formula is C21H19NO5. The molecule has 0 radical (unpaired) electrons. The molecular weight excluding hydrogens is 346 g/mol. The van der Waals surface area contributed by atoms with Crippen molar-refractivity contribution in [1.29, 1.82) is 0 Å². The first-order valence-electron chi connectivity index (χ1n) is 8.43. The average molecular weight is 365 g/mol. The molecule has 0 aliphatic heterocycles. The summed E-state index contributed by atoms with van der Waals surface area (Å²) in [6.07, 6.45) is 3.13. The summed E-state index contributed by atoms with van der Waals surface area (Å²) in [5, 5.41) is 3.51.